The number of carbonyl (C=O) groups excluding carboxylic acids is 1. The Morgan fingerprint density at radius 2 is 1.61 bits per heavy atom. The van der Waals surface area contributed by atoms with E-state index in [0.29, 0.717) is 11.8 Å². The van der Waals surface area contributed by atoms with E-state index in [2.05, 4.69) is 33.0 Å². The first kappa shape index (κ1) is 14.5. The van der Waals surface area contributed by atoms with Crippen LogP contribution in [0.3, 0.4) is 0 Å². The third-order valence-electron chi connectivity index (χ3n) is 2.97. The molecule has 0 aliphatic rings. The molecule has 1 N–H and O–H groups in total. The van der Waals surface area contributed by atoms with Crippen LogP contribution < -0.4 is 5.32 Å². The molecule has 0 saturated carbocycles. The van der Waals surface area contributed by atoms with Crippen LogP contribution in [0.5, 0.6) is 0 Å². The summed E-state index contributed by atoms with van der Waals surface area (Å²) in [6.07, 6.45) is 3.44. The summed E-state index contributed by atoms with van der Waals surface area (Å²) in [4.78, 5) is 11.8. The predicted octanol–water partition coefficient (Wildman–Crippen LogP) is 3.50. The zero-order chi connectivity index (χ0) is 13.5. The molecule has 1 aromatic rings. The minimum absolute atomic E-state index is 0.0220. The molecule has 98 valence electrons. The van der Waals surface area contributed by atoms with Crippen LogP contribution in [0.4, 0.5) is 0 Å². The fourth-order valence-electron chi connectivity index (χ4n) is 2.05. The van der Waals surface area contributed by atoms with Crippen molar-refractivity contribution >= 4 is 12.0 Å². The summed E-state index contributed by atoms with van der Waals surface area (Å²) in [5.74, 6) is 0.865. The van der Waals surface area contributed by atoms with Crippen LogP contribution in [0, 0.1) is 11.8 Å². The van der Waals surface area contributed by atoms with E-state index < -0.39 is 0 Å². The van der Waals surface area contributed by atoms with Gasteiger partial charge in [-0.15, -0.1) is 0 Å². The number of carbonyl (C=O) groups is 1. The van der Waals surface area contributed by atoms with Crippen molar-refractivity contribution in [2.24, 2.45) is 11.8 Å². The molecular weight excluding hydrogens is 222 g/mol. The van der Waals surface area contributed by atoms with E-state index in [9.17, 15) is 4.79 Å². The Kier molecular flexibility index (Phi) is 5.63. The second kappa shape index (κ2) is 7.00. The highest BCUT2D eigenvalue weighted by Crippen LogP contribution is 2.11. The van der Waals surface area contributed by atoms with E-state index in [1.54, 1.807) is 6.08 Å². The zero-order valence-corrected chi connectivity index (χ0v) is 11.7. The van der Waals surface area contributed by atoms with Crippen LogP contribution >= 0.6 is 0 Å². The second-order valence-electron chi connectivity index (χ2n) is 5.27. The number of amides is 1. The van der Waals surface area contributed by atoms with Gasteiger partial charge in [0.1, 0.15) is 0 Å². The Balaban J connectivity index is 2.58. The molecule has 0 heterocycles. The summed E-state index contributed by atoms with van der Waals surface area (Å²) in [6.45, 7) is 8.52. The molecule has 0 fully saturated rings. The lowest BCUT2D eigenvalue weighted by Gasteiger charge is -2.25. The monoisotopic (exact) mass is 245 g/mol. The van der Waals surface area contributed by atoms with Crippen LogP contribution in [0.15, 0.2) is 36.4 Å². The number of benzene rings is 1. The van der Waals surface area contributed by atoms with Gasteiger partial charge in [0, 0.05) is 12.1 Å². The molecule has 0 aliphatic carbocycles. The molecule has 18 heavy (non-hydrogen) atoms. The van der Waals surface area contributed by atoms with Crippen molar-refractivity contribution in [2.75, 3.05) is 0 Å². The Morgan fingerprint density at radius 1 is 1.06 bits per heavy atom. The number of nitrogens with one attached hydrogen (secondary N) is 1. The van der Waals surface area contributed by atoms with Gasteiger partial charge < -0.3 is 5.32 Å². The molecule has 0 atom stereocenters. The number of hydrogen-bond donors (Lipinski definition) is 1. The first-order valence-corrected chi connectivity index (χ1v) is 6.54. The maximum atomic E-state index is 11.8. The number of hydrogen-bond acceptors (Lipinski definition) is 1. The standard InChI is InChI=1S/C16H23NO/c1-12(2)16(13(3)4)17-15(18)11-10-14-8-6-5-7-9-14/h5-13,16H,1-4H3,(H,17,18). The Labute approximate surface area is 110 Å². The van der Waals surface area contributed by atoms with Gasteiger partial charge in [-0.1, -0.05) is 58.0 Å². The molecular formula is C16H23NO. The van der Waals surface area contributed by atoms with Crippen molar-refractivity contribution in [3.8, 4) is 0 Å². The highest BCUT2D eigenvalue weighted by atomic mass is 16.1. The molecule has 2 heteroatoms. The maximum Gasteiger partial charge on any atom is 0.244 e. The Bertz CT molecular complexity index is 385. The second-order valence-corrected chi connectivity index (χ2v) is 5.27. The van der Waals surface area contributed by atoms with Crippen molar-refractivity contribution in [2.45, 2.75) is 33.7 Å². The molecule has 0 unspecified atom stereocenters. The Hall–Kier alpha value is -1.57. The van der Waals surface area contributed by atoms with E-state index in [4.69, 9.17) is 0 Å². The molecule has 0 aromatic heterocycles. The van der Waals surface area contributed by atoms with Crippen molar-refractivity contribution < 1.29 is 4.79 Å². The van der Waals surface area contributed by atoms with Crippen LogP contribution in [-0.2, 0) is 4.79 Å². The molecule has 1 rings (SSSR count). The lowest BCUT2D eigenvalue weighted by Crippen LogP contribution is -2.41. The van der Waals surface area contributed by atoms with Gasteiger partial charge in [-0.3, -0.25) is 4.79 Å². The molecule has 0 radical (unpaired) electrons. The third kappa shape index (κ3) is 4.74. The summed E-state index contributed by atoms with van der Waals surface area (Å²) in [5.41, 5.74) is 1.04. The molecule has 1 aromatic carbocycles. The molecule has 0 aliphatic heterocycles. The van der Waals surface area contributed by atoms with Gasteiger partial charge in [0.15, 0.2) is 0 Å². The van der Waals surface area contributed by atoms with Crippen molar-refractivity contribution in [3.05, 3.63) is 42.0 Å². The van der Waals surface area contributed by atoms with E-state index >= 15 is 0 Å². The van der Waals surface area contributed by atoms with E-state index in [1.165, 1.54) is 0 Å². The highest BCUT2D eigenvalue weighted by molar-refractivity contribution is 5.91. The molecule has 0 spiro atoms. The van der Waals surface area contributed by atoms with Crippen LogP contribution in [0.1, 0.15) is 33.3 Å². The summed E-state index contributed by atoms with van der Waals surface area (Å²) >= 11 is 0. The summed E-state index contributed by atoms with van der Waals surface area (Å²) in [7, 11) is 0. The topological polar surface area (TPSA) is 29.1 Å². The predicted molar refractivity (Wildman–Crippen MR) is 77.1 cm³/mol. The van der Waals surface area contributed by atoms with Gasteiger partial charge in [0.05, 0.1) is 0 Å². The van der Waals surface area contributed by atoms with Gasteiger partial charge in [0.2, 0.25) is 5.91 Å². The van der Waals surface area contributed by atoms with Gasteiger partial charge >= 0.3 is 0 Å². The van der Waals surface area contributed by atoms with Crippen LogP contribution in [0.25, 0.3) is 6.08 Å². The van der Waals surface area contributed by atoms with Crippen molar-refractivity contribution in [1.82, 2.24) is 5.32 Å². The Morgan fingerprint density at radius 3 is 2.11 bits per heavy atom. The SMILES string of the molecule is CC(C)C(NC(=O)C=Cc1ccccc1)C(C)C. The van der Waals surface area contributed by atoms with E-state index in [-0.39, 0.29) is 11.9 Å². The van der Waals surface area contributed by atoms with Gasteiger partial charge in [-0.25, -0.2) is 0 Å². The van der Waals surface area contributed by atoms with Crippen molar-refractivity contribution in [1.29, 1.82) is 0 Å². The zero-order valence-electron chi connectivity index (χ0n) is 11.7. The van der Waals surface area contributed by atoms with Gasteiger partial charge in [-0.05, 0) is 23.5 Å². The molecule has 1 amide bonds. The fourth-order valence-corrected chi connectivity index (χ4v) is 2.05. The van der Waals surface area contributed by atoms with Gasteiger partial charge in [0.25, 0.3) is 0 Å². The van der Waals surface area contributed by atoms with Crippen LogP contribution in [0.2, 0.25) is 0 Å². The first-order chi connectivity index (χ1) is 8.50. The lowest BCUT2D eigenvalue weighted by atomic mass is 9.93. The van der Waals surface area contributed by atoms with Crippen molar-refractivity contribution in [3.63, 3.8) is 0 Å². The average Bonchev–Trinajstić information content (AvgIpc) is 2.34. The van der Waals surface area contributed by atoms with E-state index in [0.717, 1.165) is 5.56 Å². The van der Waals surface area contributed by atoms with Crippen LogP contribution in [-0.4, -0.2) is 11.9 Å². The lowest BCUT2D eigenvalue weighted by molar-refractivity contribution is -0.117. The quantitative estimate of drug-likeness (QED) is 0.790. The first-order valence-electron chi connectivity index (χ1n) is 6.54. The normalized spacial score (nSPS) is 11.7. The summed E-state index contributed by atoms with van der Waals surface area (Å²) < 4.78 is 0. The minimum Gasteiger partial charge on any atom is -0.349 e. The average molecular weight is 245 g/mol. The molecule has 2 nitrogen and oxygen atoms in total. The third-order valence-corrected chi connectivity index (χ3v) is 2.97. The maximum absolute atomic E-state index is 11.8. The minimum atomic E-state index is -0.0220. The molecule has 0 saturated heterocycles. The molecule has 0 bridgehead atoms. The number of rotatable bonds is 5. The fraction of sp³-hybridized carbons (Fsp3) is 0.438. The van der Waals surface area contributed by atoms with Gasteiger partial charge in [-0.2, -0.15) is 0 Å². The highest BCUT2D eigenvalue weighted by Gasteiger charge is 2.18. The summed E-state index contributed by atoms with van der Waals surface area (Å²) in [5, 5.41) is 3.06. The largest absolute Gasteiger partial charge is 0.349 e. The summed E-state index contributed by atoms with van der Waals surface area (Å²) in [6, 6.07) is 10.1. The smallest absolute Gasteiger partial charge is 0.244 e. The van der Waals surface area contributed by atoms with E-state index in [1.807, 2.05) is 36.4 Å².